The molecule has 4 heterocycles. The Bertz CT molecular complexity index is 1200. The zero-order chi connectivity index (χ0) is 21.2. The first-order valence-corrected chi connectivity index (χ1v) is 10.1. The number of amides is 2. The van der Waals surface area contributed by atoms with Gasteiger partial charge in [0.1, 0.15) is 17.3 Å². The second-order valence-corrected chi connectivity index (χ2v) is 8.27. The summed E-state index contributed by atoms with van der Waals surface area (Å²) in [6.45, 7) is 2.21. The van der Waals surface area contributed by atoms with Crippen molar-refractivity contribution in [1.82, 2.24) is 24.2 Å². The SMILES string of the molecule is Cc1c(Cl)c(C(=O)N2CC[C@]3(C(=O)Nc4ccccc43)[C@@H]2c2nccn2C)nn1C. The van der Waals surface area contributed by atoms with Gasteiger partial charge in [0.15, 0.2) is 5.69 Å². The highest BCUT2D eigenvalue weighted by atomic mass is 35.5. The van der Waals surface area contributed by atoms with Crippen molar-refractivity contribution in [3.8, 4) is 0 Å². The van der Waals surface area contributed by atoms with Gasteiger partial charge in [-0.1, -0.05) is 29.8 Å². The van der Waals surface area contributed by atoms with Crippen molar-refractivity contribution in [2.75, 3.05) is 11.9 Å². The molecule has 30 heavy (non-hydrogen) atoms. The van der Waals surface area contributed by atoms with Gasteiger partial charge in [0.2, 0.25) is 5.91 Å². The van der Waals surface area contributed by atoms with Crippen LogP contribution in [0.2, 0.25) is 5.02 Å². The van der Waals surface area contributed by atoms with E-state index in [9.17, 15) is 9.59 Å². The Kier molecular flexibility index (Phi) is 4.05. The van der Waals surface area contributed by atoms with Crippen LogP contribution in [0.4, 0.5) is 5.69 Å². The summed E-state index contributed by atoms with van der Waals surface area (Å²) in [6.07, 6.45) is 3.99. The highest BCUT2D eigenvalue weighted by Gasteiger charge is 2.61. The summed E-state index contributed by atoms with van der Waals surface area (Å²) in [5.74, 6) is 0.234. The van der Waals surface area contributed by atoms with E-state index in [4.69, 9.17) is 11.6 Å². The number of hydrogen-bond acceptors (Lipinski definition) is 4. The molecule has 2 aliphatic rings. The van der Waals surface area contributed by atoms with Crippen molar-refractivity contribution in [3.63, 3.8) is 0 Å². The molecule has 154 valence electrons. The quantitative estimate of drug-likeness (QED) is 0.685. The van der Waals surface area contributed by atoms with Gasteiger partial charge in [0.05, 0.1) is 10.7 Å². The molecule has 1 fully saturated rings. The molecule has 0 aliphatic carbocycles. The van der Waals surface area contributed by atoms with Crippen LogP contribution in [0.15, 0.2) is 36.7 Å². The van der Waals surface area contributed by atoms with E-state index in [0.29, 0.717) is 29.5 Å². The van der Waals surface area contributed by atoms with Crippen LogP contribution in [0.25, 0.3) is 0 Å². The van der Waals surface area contributed by atoms with E-state index in [0.717, 1.165) is 11.3 Å². The highest BCUT2D eigenvalue weighted by Crippen LogP contribution is 2.54. The van der Waals surface area contributed by atoms with E-state index in [1.54, 1.807) is 22.8 Å². The Labute approximate surface area is 178 Å². The summed E-state index contributed by atoms with van der Waals surface area (Å²) >= 11 is 6.42. The van der Waals surface area contributed by atoms with Crippen molar-refractivity contribution in [1.29, 1.82) is 0 Å². The molecule has 3 aromatic rings. The average molecular weight is 425 g/mol. The number of nitrogens with one attached hydrogen (secondary N) is 1. The maximum atomic E-state index is 13.6. The number of hydrogen-bond donors (Lipinski definition) is 1. The minimum absolute atomic E-state index is 0.115. The van der Waals surface area contributed by atoms with Crippen LogP contribution in [0.1, 0.15) is 40.0 Å². The minimum atomic E-state index is -0.915. The molecule has 0 radical (unpaired) electrons. The van der Waals surface area contributed by atoms with Crippen LogP contribution < -0.4 is 5.32 Å². The average Bonchev–Trinajstić information content (AvgIpc) is 3.46. The lowest BCUT2D eigenvalue weighted by molar-refractivity contribution is -0.121. The van der Waals surface area contributed by atoms with Crippen molar-refractivity contribution in [3.05, 3.63) is 64.5 Å². The fourth-order valence-electron chi connectivity index (χ4n) is 4.76. The van der Waals surface area contributed by atoms with Crippen LogP contribution in [-0.2, 0) is 24.3 Å². The first-order valence-electron chi connectivity index (χ1n) is 9.74. The van der Waals surface area contributed by atoms with E-state index in [1.807, 2.05) is 49.0 Å². The lowest BCUT2D eigenvalue weighted by Crippen LogP contribution is -2.44. The summed E-state index contributed by atoms with van der Waals surface area (Å²) in [7, 11) is 3.62. The number of aryl methyl sites for hydroxylation is 2. The second-order valence-electron chi connectivity index (χ2n) is 7.89. The zero-order valence-electron chi connectivity index (χ0n) is 16.9. The number of rotatable bonds is 2. The van der Waals surface area contributed by atoms with Gasteiger partial charge in [-0.15, -0.1) is 0 Å². The molecule has 2 amide bonds. The molecule has 2 aliphatic heterocycles. The maximum Gasteiger partial charge on any atom is 0.276 e. The number of benzene rings is 1. The van der Waals surface area contributed by atoms with Gasteiger partial charge in [-0.25, -0.2) is 4.98 Å². The van der Waals surface area contributed by atoms with E-state index in [2.05, 4.69) is 15.4 Å². The Morgan fingerprint density at radius 1 is 1.30 bits per heavy atom. The van der Waals surface area contributed by atoms with Gasteiger partial charge in [0.25, 0.3) is 5.91 Å². The molecule has 0 bridgehead atoms. The number of likely N-dealkylation sites (tertiary alicyclic amines) is 1. The normalized spacial score (nSPS) is 22.6. The third-order valence-electron chi connectivity index (χ3n) is 6.41. The lowest BCUT2D eigenvalue weighted by atomic mass is 9.74. The molecule has 1 spiro atoms. The number of anilines is 1. The number of para-hydroxylation sites is 1. The van der Waals surface area contributed by atoms with E-state index < -0.39 is 11.5 Å². The number of fused-ring (bicyclic) bond motifs is 2. The molecular formula is C21H21ClN6O2. The molecule has 2 atom stereocenters. The van der Waals surface area contributed by atoms with Gasteiger partial charge < -0.3 is 14.8 Å². The molecule has 1 aromatic carbocycles. The molecular weight excluding hydrogens is 404 g/mol. The van der Waals surface area contributed by atoms with Crippen LogP contribution in [0.5, 0.6) is 0 Å². The fraction of sp³-hybridized carbons (Fsp3) is 0.333. The summed E-state index contributed by atoms with van der Waals surface area (Å²) in [6, 6.07) is 7.07. The van der Waals surface area contributed by atoms with Gasteiger partial charge in [-0.3, -0.25) is 14.3 Å². The summed E-state index contributed by atoms with van der Waals surface area (Å²) in [5, 5.41) is 7.67. The first kappa shape index (κ1) is 18.9. The predicted octanol–water partition coefficient (Wildman–Crippen LogP) is 2.59. The van der Waals surface area contributed by atoms with Gasteiger partial charge in [0, 0.05) is 38.7 Å². The molecule has 8 nitrogen and oxygen atoms in total. The molecule has 1 N–H and O–H groups in total. The fourth-order valence-corrected chi connectivity index (χ4v) is 5.00. The van der Waals surface area contributed by atoms with Crippen LogP contribution in [-0.4, -0.2) is 42.6 Å². The van der Waals surface area contributed by atoms with Crippen molar-refractivity contribution in [2.24, 2.45) is 14.1 Å². The number of carbonyl (C=O) groups excluding carboxylic acids is 2. The minimum Gasteiger partial charge on any atom is -0.336 e. The second kappa shape index (κ2) is 6.43. The molecule has 0 unspecified atom stereocenters. The Balaban J connectivity index is 1.69. The largest absolute Gasteiger partial charge is 0.336 e. The Morgan fingerprint density at radius 2 is 2.07 bits per heavy atom. The van der Waals surface area contributed by atoms with Crippen LogP contribution >= 0.6 is 11.6 Å². The number of aromatic nitrogens is 4. The van der Waals surface area contributed by atoms with E-state index in [-0.39, 0.29) is 17.5 Å². The number of imidazole rings is 1. The number of halogens is 1. The number of nitrogens with zero attached hydrogens (tertiary/aromatic N) is 5. The summed E-state index contributed by atoms with van der Waals surface area (Å²) in [5.41, 5.74) is 1.66. The first-order chi connectivity index (χ1) is 14.4. The predicted molar refractivity (Wildman–Crippen MR) is 111 cm³/mol. The molecule has 9 heteroatoms. The zero-order valence-corrected chi connectivity index (χ0v) is 17.6. The Morgan fingerprint density at radius 3 is 2.73 bits per heavy atom. The van der Waals surface area contributed by atoms with Crippen molar-refractivity contribution in [2.45, 2.75) is 24.8 Å². The molecule has 1 saturated heterocycles. The van der Waals surface area contributed by atoms with Gasteiger partial charge in [-0.2, -0.15) is 5.10 Å². The van der Waals surface area contributed by atoms with Crippen molar-refractivity contribution < 1.29 is 9.59 Å². The standard InChI is InChI=1S/C21H21ClN6O2/c1-12-15(22)16(25-27(12)3)19(29)28-10-8-21(17(28)18-23-9-11-26(18)2)13-6-4-5-7-14(13)24-20(21)30/h4-7,9,11,17H,8,10H2,1-3H3,(H,24,30)/t17-,21+/m0/s1. The van der Waals surface area contributed by atoms with E-state index in [1.165, 1.54) is 0 Å². The summed E-state index contributed by atoms with van der Waals surface area (Å²) < 4.78 is 3.45. The highest BCUT2D eigenvalue weighted by molar-refractivity contribution is 6.34. The van der Waals surface area contributed by atoms with Crippen molar-refractivity contribution >= 4 is 29.1 Å². The van der Waals surface area contributed by atoms with Crippen LogP contribution in [0, 0.1) is 6.92 Å². The monoisotopic (exact) mass is 424 g/mol. The third kappa shape index (κ3) is 2.34. The summed E-state index contributed by atoms with van der Waals surface area (Å²) in [4.78, 5) is 33.2. The third-order valence-corrected chi connectivity index (χ3v) is 6.87. The number of carbonyl (C=O) groups is 2. The van der Waals surface area contributed by atoms with Crippen LogP contribution in [0.3, 0.4) is 0 Å². The maximum absolute atomic E-state index is 13.6. The van der Waals surface area contributed by atoms with E-state index >= 15 is 0 Å². The van der Waals surface area contributed by atoms with Gasteiger partial charge in [-0.05, 0) is 25.0 Å². The van der Waals surface area contributed by atoms with Gasteiger partial charge >= 0.3 is 0 Å². The molecule has 0 saturated carbocycles. The molecule has 2 aromatic heterocycles. The smallest absolute Gasteiger partial charge is 0.276 e. The lowest BCUT2D eigenvalue weighted by Gasteiger charge is -2.33. The molecule has 5 rings (SSSR count). The Hall–Kier alpha value is -3.13. The topological polar surface area (TPSA) is 85.1 Å².